The lowest BCUT2D eigenvalue weighted by atomic mass is 10.2. The van der Waals surface area contributed by atoms with Gasteiger partial charge in [-0.3, -0.25) is 4.79 Å². The van der Waals surface area contributed by atoms with E-state index >= 15 is 0 Å². The number of aromatic hydroxyl groups is 1. The van der Waals surface area contributed by atoms with Gasteiger partial charge in [0.05, 0.1) is 5.56 Å². The average Bonchev–Trinajstić information content (AvgIpc) is 2.78. The Bertz CT molecular complexity index is 419. The molecule has 1 aromatic rings. The maximum absolute atomic E-state index is 11.8. The van der Waals surface area contributed by atoms with Crippen molar-refractivity contribution in [2.45, 2.75) is 18.1 Å². The second kappa shape index (κ2) is 5.65. The molecule has 0 bridgehead atoms. The van der Waals surface area contributed by atoms with Crippen LogP contribution in [0, 0.1) is 0 Å². The van der Waals surface area contributed by atoms with Crippen LogP contribution >= 0.6 is 23.4 Å². The molecule has 2 N–H and O–H groups in total. The molecule has 1 fully saturated rings. The van der Waals surface area contributed by atoms with Gasteiger partial charge < -0.3 is 10.4 Å². The van der Waals surface area contributed by atoms with Gasteiger partial charge in [-0.15, -0.1) is 0 Å². The van der Waals surface area contributed by atoms with E-state index in [-0.39, 0.29) is 17.2 Å². The Hall–Kier alpha value is -0.870. The van der Waals surface area contributed by atoms with Gasteiger partial charge in [0, 0.05) is 16.8 Å². The predicted molar refractivity (Wildman–Crippen MR) is 70.9 cm³/mol. The quantitative estimate of drug-likeness (QED) is 0.889. The molecule has 1 heterocycles. The minimum atomic E-state index is -0.244. The first-order valence-corrected chi connectivity index (χ1v) is 6.98. The molecular weight excluding hydrogens is 258 g/mol. The van der Waals surface area contributed by atoms with Crippen molar-refractivity contribution in [2.75, 3.05) is 12.3 Å². The number of nitrogens with one attached hydrogen (secondary N) is 1. The summed E-state index contributed by atoms with van der Waals surface area (Å²) in [6, 6.07) is 4.51. The molecule has 0 spiro atoms. The van der Waals surface area contributed by atoms with Crippen LogP contribution in [0.15, 0.2) is 18.2 Å². The highest BCUT2D eigenvalue weighted by Gasteiger charge is 2.17. The van der Waals surface area contributed by atoms with Crippen LogP contribution in [0.5, 0.6) is 5.75 Å². The molecule has 3 nitrogen and oxygen atoms in total. The molecule has 92 valence electrons. The van der Waals surface area contributed by atoms with Gasteiger partial charge in [-0.1, -0.05) is 11.6 Å². The van der Waals surface area contributed by atoms with Crippen molar-refractivity contribution in [3.63, 3.8) is 0 Å². The fourth-order valence-electron chi connectivity index (χ4n) is 1.80. The number of carbonyl (C=O) groups excluding carboxylic acids is 1. The van der Waals surface area contributed by atoms with E-state index in [0.29, 0.717) is 16.8 Å². The summed E-state index contributed by atoms with van der Waals surface area (Å²) in [5.41, 5.74) is 0.275. The Morgan fingerprint density at radius 1 is 1.59 bits per heavy atom. The predicted octanol–water partition coefficient (Wildman–Crippen LogP) is 2.67. The summed E-state index contributed by atoms with van der Waals surface area (Å²) in [6.07, 6.45) is 2.37. The summed E-state index contributed by atoms with van der Waals surface area (Å²) < 4.78 is 0. The van der Waals surface area contributed by atoms with Crippen molar-refractivity contribution in [1.29, 1.82) is 0 Å². The van der Waals surface area contributed by atoms with Gasteiger partial charge in [-0.25, -0.2) is 0 Å². The number of rotatable bonds is 3. The highest BCUT2D eigenvalue weighted by Crippen LogP contribution is 2.26. The molecule has 1 aromatic carbocycles. The lowest BCUT2D eigenvalue weighted by Crippen LogP contribution is -2.29. The molecule has 1 atom stereocenters. The largest absolute Gasteiger partial charge is 0.507 e. The summed E-state index contributed by atoms with van der Waals surface area (Å²) in [7, 11) is 0. The van der Waals surface area contributed by atoms with Gasteiger partial charge in [0.15, 0.2) is 0 Å². The van der Waals surface area contributed by atoms with Crippen LogP contribution in [0.1, 0.15) is 23.2 Å². The number of phenols is 1. The SMILES string of the molecule is O=C(NCC1CCCS1)c1ccc(Cl)cc1O. The monoisotopic (exact) mass is 271 g/mol. The van der Waals surface area contributed by atoms with Gasteiger partial charge in [-0.2, -0.15) is 11.8 Å². The van der Waals surface area contributed by atoms with Crippen molar-refractivity contribution in [3.05, 3.63) is 28.8 Å². The molecular formula is C12H14ClNO2S. The van der Waals surface area contributed by atoms with Crippen LogP contribution < -0.4 is 5.32 Å². The lowest BCUT2D eigenvalue weighted by molar-refractivity contribution is 0.0951. The second-order valence-electron chi connectivity index (χ2n) is 4.01. The first kappa shape index (κ1) is 12.6. The average molecular weight is 272 g/mol. The third kappa shape index (κ3) is 3.30. The first-order valence-electron chi connectivity index (χ1n) is 5.55. The van der Waals surface area contributed by atoms with Crippen molar-refractivity contribution < 1.29 is 9.90 Å². The van der Waals surface area contributed by atoms with Gasteiger partial charge >= 0.3 is 0 Å². The van der Waals surface area contributed by atoms with Gasteiger partial charge in [0.2, 0.25) is 0 Å². The Kier molecular flexibility index (Phi) is 4.18. The molecule has 1 saturated heterocycles. The maximum Gasteiger partial charge on any atom is 0.255 e. The zero-order valence-corrected chi connectivity index (χ0v) is 10.9. The van der Waals surface area contributed by atoms with E-state index in [1.807, 2.05) is 11.8 Å². The highest BCUT2D eigenvalue weighted by atomic mass is 35.5. The van der Waals surface area contributed by atoms with Crippen molar-refractivity contribution in [2.24, 2.45) is 0 Å². The van der Waals surface area contributed by atoms with E-state index in [4.69, 9.17) is 11.6 Å². The fourth-order valence-corrected chi connectivity index (χ4v) is 3.17. The van der Waals surface area contributed by atoms with Crippen LogP contribution in [-0.4, -0.2) is 28.6 Å². The molecule has 1 aliphatic heterocycles. The molecule has 17 heavy (non-hydrogen) atoms. The van der Waals surface area contributed by atoms with Crippen molar-refractivity contribution in [3.8, 4) is 5.75 Å². The Labute approximate surface area is 110 Å². The molecule has 0 radical (unpaired) electrons. The molecule has 5 heteroatoms. The van der Waals surface area contributed by atoms with Crippen LogP contribution in [-0.2, 0) is 0 Å². The molecule has 1 unspecified atom stereocenters. The van der Waals surface area contributed by atoms with Crippen LogP contribution in [0.4, 0.5) is 0 Å². The van der Waals surface area contributed by atoms with Crippen LogP contribution in [0.3, 0.4) is 0 Å². The number of phenolic OH excluding ortho intramolecular Hbond substituents is 1. The zero-order chi connectivity index (χ0) is 12.3. The molecule has 1 amide bonds. The number of benzene rings is 1. The highest BCUT2D eigenvalue weighted by molar-refractivity contribution is 8.00. The molecule has 0 aromatic heterocycles. The first-order chi connectivity index (χ1) is 8.16. The number of hydrogen-bond acceptors (Lipinski definition) is 3. The fraction of sp³-hybridized carbons (Fsp3) is 0.417. The third-order valence-electron chi connectivity index (χ3n) is 2.72. The maximum atomic E-state index is 11.8. The summed E-state index contributed by atoms with van der Waals surface area (Å²) in [5.74, 6) is 0.855. The van der Waals surface area contributed by atoms with Crippen LogP contribution in [0.25, 0.3) is 0 Å². The van der Waals surface area contributed by atoms with Gasteiger partial charge in [0.25, 0.3) is 5.91 Å². The lowest BCUT2D eigenvalue weighted by Gasteiger charge is -2.11. The third-order valence-corrected chi connectivity index (χ3v) is 4.35. The summed E-state index contributed by atoms with van der Waals surface area (Å²) in [4.78, 5) is 11.8. The zero-order valence-electron chi connectivity index (χ0n) is 9.28. The molecule has 1 aliphatic rings. The van der Waals surface area contributed by atoms with E-state index in [2.05, 4.69) is 5.32 Å². The molecule has 0 aliphatic carbocycles. The van der Waals surface area contributed by atoms with E-state index in [0.717, 1.165) is 6.42 Å². The number of thioether (sulfide) groups is 1. The van der Waals surface area contributed by atoms with Crippen molar-refractivity contribution in [1.82, 2.24) is 5.32 Å². The standard InChI is InChI=1S/C12H14ClNO2S/c13-8-3-4-10(11(15)6-8)12(16)14-7-9-2-1-5-17-9/h3-4,6,9,15H,1-2,5,7H2,(H,14,16). The summed E-state index contributed by atoms with van der Waals surface area (Å²) in [5, 5.41) is 13.4. The minimum absolute atomic E-state index is 0.0749. The minimum Gasteiger partial charge on any atom is -0.507 e. The Balaban J connectivity index is 1.94. The molecule has 0 saturated carbocycles. The normalized spacial score (nSPS) is 19.2. The number of hydrogen-bond donors (Lipinski definition) is 2. The van der Waals surface area contributed by atoms with Crippen molar-refractivity contribution >= 4 is 29.3 Å². The van der Waals surface area contributed by atoms with Crippen LogP contribution in [0.2, 0.25) is 5.02 Å². The number of carbonyl (C=O) groups is 1. The number of amides is 1. The smallest absolute Gasteiger partial charge is 0.255 e. The molecule has 2 rings (SSSR count). The van der Waals surface area contributed by atoms with E-state index in [1.54, 1.807) is 6.07 Å². The van der Waals surface area contributed by atoms with Gasteiger partial charge in [-0.05, 0) is 36.8 Å². The van der Waals surface area contributed by atoms with E-state index in [1.165, 1.54) is 24.3 Å². The summed E-state index contributed by atoms with van der Waals surface area (Å²) in [6.45, 7) is 0.658. The Morgan fingerprint density at radius 3 is 3.06 bits per heavy atom. The Morgan fingerprint density at radius 2 is 2.41 bits per heavy atom. The van der Waals surface area contributed by atoms with E-state index < -0.39 is 0 Å². The second-order valence-corrected chi connectivity index (χ2v) is 5.85. The topological polar surface area (TPSA) is 49.3 Å². The number of halogens is 1. The van der Waals surface area contributed by atoms with E-state index in [9.17, 15) is 9.90 Å². The van der Waals surface area contributed by atoms with Gasteiger partial charge in [0.1, 0.15) is 5.75 Å². The summed E-state index contributed by atoms with van der Waals surface area (Å²) >= 11 is 7.60.